The Kier molecular flexibility index (Phi) is 3.30. The van der Waals surface area contributed by atoms with Crippen molar-refractivity contribution in [2.24, 2.45) is 5.92 Å². The summed E-state index contributed by atoms with van der Waals surface area (Å²) in [6.45, 7) is 0. The second-order valence-electron chi connectivity index (χ2n) is 3.30. The summed E-state index contributed by atoms with van der Waals surface area (Å²) in [6, 6.07) is 0. The average Bonchev–Trinajstić information content (AvgIpc) is 2.25. The molecule has 1 atom stereocenters. The van der Waals surface area contributed by atoms with Crippen molar-refractivity contribution in [2.45, 2.75) is 19.3 Å². The third-order valence-corrected chi connectivity index (χ3v) is 4.09. The third kappa shape index (κ3) is 2.99. The van der Waals surface area contributed by atoms with E-state index in [0.717, 1.165) is 0 Å². The van der Waals surface area contributed by atoms with Gasteiger partial charge in [-0.3, -0.25) is 4.79 Å². The van der Waals surface area contributed by atoms with E-state index < -0.39 is 9.84 Å². The summed E-state index contributed by atoms with van der Waals surface area (Å²) < 4.78 is 26.9. The predicted molar refractivity (Wildman–Crippen MR) is 48.0 cm³/mol. The highest BCUT2D eigenvalue weighted by atomic mass is 32.2. The fourth-order valence-electron chi connectivity index (χ4n) is 1.52. The van der Waals surface area contributed by atoms with Gasteiger partial charge < -0.3 is 4.74 Å². The molecule has 1 aliphatic rings. The Morgan fingerprint density at radius 3 is 2.62 bits per heavy atom. The molecule has 0 radical (unpaired) electrons. The quantitative estimate of drug-likeness (QED) is 0.582. The summed E-state index contributed by atoms with van der Waals surface area (Å²) in [4.78, 5) is 11.1. The first-order chi connectivity index (χ1) is 6.05. The van der Waals surface area contributed by atoms with Gasteiger partial charge in [0, 0.05) is 0 Å². The highest BCUT2D eigenvalue weighted by molar-refractivity contribution is 7.91. The molecule has 5 heteroatoms. The van der Waals surface area contributed by atoms with Gasteiger partial charge in [0.25, 0.3) is 0 Å². The molecule has 0 bridgehead atoms. The van der Waals surface area contributed by atoms with Gasteiger partial charge in [-0.05, 0) is 19.3 Å². The van der Waals surface area contributed by atoms with E-state index in [4.69, 9.17) is 0 Å². The Hall–Kier alpha value is -0.580. The SMILES string of the molecule is COC(=O)[C@H]1CCCS(=O)(=O)CC1. The zero-order valence-electron chi connectivity index (χ0n) is 7.65. The van der Waals surface area contributed by atoms with E-state index in [-0.39, 0.29) is 23.4 Å². The van der Waals surface area contributed by atoms with Crippen molar-refractivity contribution in [1.29, 1.82) is 0 Å². The molecule has 0 aromatic heterocycles. The largest absolute Gasteiger partial charge is 0.469 e. The number of methoxy groups -OCH3 is 1. The van der Waals surface area contributed by atoms with Gasteiger partial charge in [0.05, 0.1) is 24.5 Å². The second kappa shape index (κ2) is 4.09. The smallest absolute Gasteiger partial charge is 0.308 e. The zero-order chi connectivity index (χ0) is 9.90. The number of sulfone groups is 1. The van der Waals surface area contributed by atoms with Crippen molar-refractivity contribution in [2.75, 3.05) is 18.6 Å². The van der Waals surface area contributed by atoms with Crippen molar-refractivity contribution in [3.8, 4) is 0 Å². The molecule has 0 aromatic carbocycles. The number of rotatable bonds is 1. The Morgan fingerprint density at radius 1 is 1.31 bits per heavy atom. The normalized spacial score (nSPS) is 27.6. The molecule has 0 saturated carbocycles. The standard InChI is InChI=1S/C8H14O4S/c1-12-8(9)7-3-2-5-13(10,11)6-4-7/h7H,2-6H2,1H3/t7-/m0/s1. The van der Waals surface area contributed by atoms with Gasteiger partial charge in [0.15, 0.2) is 0 Å². The van der Waals surface area contributed by atoms with Gasteiger partial charge in [-0.15, -0.1) is 0 Å². The Labute approximate surface area is 78.2 Å². The van der Waals surface area contributed by atoms with E-state index in [1.54, 1.807) is 0 Å². The fourth-order valence-corrected chi connectivity index (χ4v) is 2.97. The molecule has 1 rings (SSSR count). The summed E-state index contributed by atoms with van der Waals surface area (Å²) in [5.41, 5.74) is 0. The molecular formula is C8H14O4S. The van der Waals surface area contributed by atoms with Gasteiger partial charge in [0.2, 0.25) is 0 Å². The molecule has 1 fully saturated rings. The van der Waals surface area contributed by atoms with Crippen LogP contribution in [0.15, 0.2) is 0 Å². The number of hydrogen-bond acceptors (Lipinski definition) is 4. The van der Waals surface area contributed by atoms with Crippen molar-refractivity contribution >= 4 is 15.8 Å². The minimum absolute atomic E-state index is 0.118. The molecule has 0 N–H and O–H groups in total. The van der Waals surface area contributed by atoms with Crippen LogP contribution < -0.4 is 0 Å². The molecule has 0 amide bonds. The van der Waals surface area contributed by atoms with Crippen LogP contribution in [0.5, 0.6) is 0 Å². The van der Waals surface area contributed by atoms with Crippen LogP contribution in [0.3, 0.4) is 0 Å². The minimum Gasteiger partial charge on any atom is -0.469 e. The van der Waals surface area contributed by atoms with Crippen LogP contribution in [-0.4, -0.2) is 33.0 Å². The van der Waals surface area contributed by atoms with Crippen LogP contribution in [0.2, 0.25) is 0 Å². The maximum absolute atomic E-state index is 11.2. The number of carbonyl (C=O) groups excluding carboxylic acids is 1. The lowest BCUT2D eigenvalue weighted by Gasteiger charge is -2.09. The van der Waals surface area contributed by atoms with E-state index in [0.29, 0.717) is 19.3 Å². The zero-order valence-corrected chi connectivity index (χ0v) is 8.47. The first-order valence-corrected chi connectivity index (χ1v) is 6.15. The van der Waals surface area contributed by atoms with Crippen LogP contribution in [0.4, 0.5) is 0 Å². The first kappa shape index (κ1) is 10.5. The van der Waals surface area contributed by atoms with E-state index in [1.165, 1.54) is 7.11 Å². The maximum Gasteiger partial charge on any atom is 0.308 e. The van der Waals surface area contributed by atoms with Gasteiger partial charge in [0.1, 0.15) is 9.84 Å². The Morgan fingerprint density at radius 2 is 2.00 bits per heavy atom. The monoisotopic (exact) mass is 206 g/mol. The van der Waals surface area contributed by atoms with Crippen LogP contribution in [0.25, 0.3) is 0 Å². The lowest BCUT2D eigenvalue weighted by Crippen LogP contribution is -2.17. The van der Waals surface area contributed by atoms with Crippen molar-refractivity contribution in [3.63, 3.8) is 0 Å². The highest BCUT2D eigenvalue weighted by Crippen LogP contribution is 2.19. The number of ether oxygens (including phenoxy) is 1. The summed E-state index contributed by atoms with van der Waals surface area (Å²) in [7, 11) is -1.57. The molecule has 1 saturated heterocycles. The molecule has 0 aromatic rings. The van der Waals surface area contributed by atoms with Crippen molar-refractivity contribution in [3.05, 3.63) is 0 Å². The number of esters is 1. The van der Waals surface area contributed by atoms with Gasteiger partial charge in [-0.25, -0.2) is 8.42 Å². The van der Waals surface area contributed by atoms with E-state index in [1.807, 2.05) is 0 Å². The molecule has 76 valence electrons. The van der Waals surface area contributed by atoms with E-state index in [2.05, 4.69) is 4.74 Å². The molecule has 0 spiro atoms. The molecular weight excluding hydrogens is 192 g/mol. The van der Waals surface area contributed by atoms with Gasteiger partial charge in [-0.1, -0.05) is 0 Å². The van der Waals surface area contributed by atoms with E-state index >= 15 is 0 Å². The molecule has 1 heterocycles. The molecule has 13 heavy (non-hydrogen) atoms. The molecule has 1 aliphatic heterocycles. The van der Waals surface area contributed by atoms with Crippen LogP contribution in [0, 0.1) is 5.92 Å². The number of carbonyl (C=O) groups is 1. The summed E-state index contributed by atoms with van der Waals surface area (Å²) in [6.07, 6.45) is 1.61. The fraction of sp³-hybridized carbons (Fsp3) is 0.875. The topological polar surface area (TPSA) is 60.4 Å². The summed E-state index contributed by atoms with van der Waals surface area (Å²) in [5.74, 6) is -0.174. The van der Waals surface area contributed by atoms with Crippen LogP contribution in [-0.2, 0) is 19.4 Å². The van der Waals surface area contributed by atoms with Gasteiger partial charge >= 0.3 is 5.97 Å². The lowest BCUT2D eigenvalue weighted by atomic mass is 10.0. The second-order valence-corrected chi connectivity index (χ2v) is 5.61. The van der Waals surface area contributed by atoms with Crippen molar-refractivity contribution in [1.82, 2.24) is 0 Å². The first-order valence-electron chi connectivity index (χ1n) is 4.33. The predicted octanol–water partition coefficient (Wildman–Crippen LogP) is 0.374. The Balaban J connectivity index is 2.60. The minimum atomic E-state index is -2.90. The van der Waals surface area contributed by atoms with Crippen LogP contribution >= 0.6 is 0 Å². The molecule has 0 aliphatic carbocycles. The van der Waals surface area contributed by atoms with Crippen LogP contribution in [0.1, 0.15) is 19.3 Å². The lowest BCUT2D eigenvalue weighted by molar-refractivity contribution is -0.145. The Bertz CT molecular complexity index is 281. The maximum atomic E-state index is 11.2. The highest BCUT2D eigenvalue weighted by Gasteiger charge is 2.26. The van der Waals surface area contributed by atoms with Crippen molar-refractivity contribution < 1.29 is 17.9 Å². The summed E-state index contributed by atoms with van der Waals surface area (Å²) in [5, 5.41) is 0. The molecule has 0 unspecified atom stereocenters. The van der Waals surface area contributed by atoms with E-state index in [9.17, 15) is 13.2 Å². The van der Waals surface area contributed by atoms with Gasteiger partial charge in [-0.2, -0.15) is 0 Å². The molecule has 4 nitrogen and oxygen atoms in total. The summed E-state index contributed by atoms with van der Waals surface area (Å²) >= 11 is 0. The number of hydrogen-bond donors (Lipinski definition) is 0. The third-order valence-electron chi connectivity index (χ3n) is 2.32. The average molecular weight is 206 g/mol.